The van der Waals surface area contributed by atoms with Crippen molar-refractivity contribution in [2.24, 2.45) is 0 Å². The van der Waals surface area contributed by atoms with Gasteiger partial charge in [0.15, 0.2) is 0 Å². The van der Waals surface area contributed by atoms with Crippen LogP contribution in [0.1, 0.15) is 175 Å². The van der Waals surface area contributed by atoms with Crippen molar-refractivity contribution in [2.45, 2.75) is 175 Å². The van der Waals surface area contributed by atoms with Gasteiger partial charge in [0, 0.05) is 0 Å². The third kappa shape index (κ3) is 20.6. The van der Waals surface area contributed by atoms with Gasteiger partial charge in [0.05, 0.1) is 26.2 Å². The topological polar surface area (TPSA) is 0 Å². The lowest BCUT2D eigenvalue weighted by molar-refractivity contribution is -0.923. The van der Waals surface area contributed by atoms with Crippen LogP contribution < -0.4 is 0 Å². The molecule has 1 heteroatoms. The van der Waals surface area contributed by atoms with Gasteiger partial charge in [-0.15, -0.1) is 0 Å². The van der Waals surface area contributed by atoms with Crippen molar-refractivity contribution in [3.8, 4) is 0 Å². The fourth-order valence-corrected chi connectivity index (χ4v) is 5.38. The Labute approximate surface area is 206 Å². The first-order chi connectivity index (χ1) is 15.7. The summed E-state index contributed by atoms with van der Waals surface area (Å²) in [6.07, 6.45) is 33.9. The Bertz CT molecular complexity index is 325. The second kappa shape index (κ2) is 25.6. The molecule has 0 atom stereocenters. The largest absolute Gasteiger partial charge is 0.324 e. The SMILES string of the molecule is CCCCCCCCCCCCCCCCCCCCCCCCC[N+](CC)(CC)CC. The lowest BCUT2D eigenvalue weighted by Gasteiger charge is -2.35. The normalized spacial score (nSPS) is 12.0. The Hall–Kier alpha value is -0.0400. The summed E-state index contributed by atoms with van der Waals surface area (Å²) in [5, 5.41) is 0. The minimum absolute atomic E-state index is 1.31. The van der Waals surface area contributed by atoms with E-state index < -0.39 is 0 Å². The van der Waals surface area contributed by atoms with Crippen molar-refractivity contribution >= 4 is 0 Å². The monoisotopic (exact) mass is 453 g/mol. The number of unbranched alkanes of at least 4 members (excludes halogenated alkanes) is 22. The summed E-state index contributed by atoms with van der Waals surface area (Å²) in [6.45, 7) is 14.7. The molecule has 1 nitrogen and oxygen atoms in total. The number of quaternary nitrogens is 1. The average Bonchev–Trinajstić information content (AvgIpc) is 2.82. The third-order valence-electron chi connectivity index (χ3n) is 8.25. The lowest BCUT2D eigenvalue weighted by atomic mass is 10.0. The second-order valence-corrected chi connectivity index (χ2v) is 10.8. The molecule has 0 saturated carbocycles. The van der Waals surface area contributed by atoms with Crippen molar-refractivity contribution in [1.29, 1.82) is 0 Å². The van der Waals surface area contributed by atoms with Gasteiger partial charge in [-0.2, -0.15) is 0 Å². The van der Waals surface area contributed by atoms with E-state index in [0.717, 1.165) is 0 Å². The molecule has 0 aliphatic rings. The zero-order valence-electron chi connectivity index (χ0n) is 23.5. The van der Waals surface area contributed by atoms with Crippen LogP contribution in [0.25, 0.3) is 0 Å². The van der Waals surface area contributed by atoms with Gasteiger partial charge in [0.2, 0.25) is 0 Å². The maximum Gasteiger partial charge on any atom is 0.0786 e. The van der Waals surface area contributed by atoms with Gasteiger partial charge in [-0.1, -0.05) is 142 Å². The number of hydrogen-bond donors (Lipinski definition) is 0. The van der Waals surface area contributed by atoms with E-state index in [1.165, 1.54) is 178 Å². The third-order valence-corrected chi connectivity index (χ3v) is 8.25. The molecule has 0 rings (SSSR count). The van der Waals surface area contributed by atoms with Crippen molar-refractivity contribution < 1.29 is 4.48 Å². The Morgan fingerprint density at radius 2 is 0.500 bits per heavy atom. The Balaban J connectivity index is 3.15. The maximum absolute atomic E-state index is 2.37. The summed E-state index contributed by atoms with van der Waals surface area (Å²) < 4.78 is 1.33. The van der Waals surface area contributed by atoms with Gasteiger partial charge in [0.1, 0.15) is 0 Å². The standard InChI is InChI=1S/C31H66N/c1-5-9-10-11-12-13-14-15-16-17-18-19-20-21-22-23-24-25-26-27-28-29-30-31-32(6-2,7-3)8-4/h5-31H2,1-4H3/q+1. The Morgan fingerprint density at radius 3 is 0.719 bits per heavy atom. The van der Waals surface area contributed by atoms with Crippen LogP contribution in [0.3, 0.4) is 0 Å². The first-order valence-corrected chi connectivity index (χ1v) is 15.6. The summed E-state index contributed by atoms with van der Waals surface area (Å²) in [5.74, 6) is 0. The van der Waals surface area contributed by atoms with E-state index in [2.05, 4.69) is 27.7 Å². The van der Waals surface area contributed by atoms with E-state index in [9.17, 15) is 0 Å². The number of nitrogens with zero attached hydrogens (tertiary/aromatic N) is 1. The zero-order chi connectivity index (χ0) is 23.6. The van der Waals surface area contributed by atoms with Gasteiger partial charge >= 0.3 is 0 Å². The molecule has 0 amide bonds. The van der Waals surface area contributed by atoms with Crippen LogP contribution in [-0.4, -0.2) is 30.7 Å². The first kappa shape index (κ1) is 32.0. The molecule has 0 bridgehead atoms. The van der Waals surface area contributed by atoms with Gasteiger partial charge < -0.3 is 4.48 Å². The molecule has 0 spiro atoms. The molecule has 0 saturated heterocycles. The van der Waals surface area contributed by atoms with E-state index in [1.54, 1.807) is 0 Å². The highest BCUT2D eigenvalue weighted by molar-refractivity contribution is 4.51. The molecule has 0 fully saturated rings. The fraction of sp³-hybridized carbons (Fsp3) is 1.00. The van der Waals surface area contributed by atoms with E-state index >= 15 is 0 Å². The molecular formula is C31H66N+. The predicted molar refractivity (Wildman–Crippen MR) is 149 cm³/mol. The van der Waals surface area contributed by atoms with Crippen LogP contribution in [0.4, 0.5) is 0 Å². The smallest absolute Gasteiger partial charge is 0.0786 e. The van der Waals surface area contributed by atoms with Crippen molar-refractivity contribution in [3.05, 3.63) is 0 Å². The van der Waals surface area contributed by atoms with E-state index in [1.807, 2.05) is 0 Å². The van der Waals surface area contributed by atoms with Gasteiger partial charge in [-0.3, -0.25) is 0 Å². The molecule has 0 aromatic carbocycles. The van der Waals surface area contributed by atoms with Crippen LogP contribution >= 0.6 is 0 Å². The Kier molecular flexibility index (Phi) is 25.5. The Morgan fingerprint density at radius 1 is 0.281 bits per heavy atom. The van der Waals surface area contributed by atoms with Crippen molar-refractivity contribution in [3.63, 3.8) is 0 Å². The highest BCUT2D eigenvalue weighted by atomic mass is 15.3. The highest BCUT2D eigenvalue weighted by Gasteiger charge is 2.19. The van der Waals surface area contributed by atoms with Crippen LogP contribution in [0.2, 0.25) is 0 Å². The summed E-state index contributed by atoms with van der Waals surface area (Å²) in [7, 11) is 0. The van der Waals surface area contributed by atoms with E-state index in [-0.39, 0.29) is 0 Å². The minimum atomic E-state index is 1.31. The molecule has 194 valence electrons. The summed E-state index contributed by atoms with van der Waals surface area (Å²) in [5.41, 5.74) is 0. The summed E-state index contributed by atoms with van der Waals surface area (Å²) >= 11 is 0. The molecule has 0 heterocycles. The van der Waals surface area contributed by atoms with Crippen molar-refractivity contribution in [1.82, 2.24) is 0 Å². The second-order valence-electron chi connectivity index (χ2n) is 10.8. The molecular weight excluding hydrogens is 386 g/mol. The zero-order valence-corrected chi connectivity index (χ0v) is 23.5. The van der Waals surface area contributed by atoms with Crippen LogP contribution in [0, 0.1) is 0 Å². The molecule has 32 heavy (non-hydrogen) atoms. The lowest BCUT2D eigenvalue weighted by Crippen LogP contribution is -2.48. The van der Waals surface area contributed by atoms with Gasteiger partial charge in [-0.05, 0) is 33.6 Å². The maximum atomic E-state index is 2.37. The molecule has 0 unspecified atom stereocenters. The van der Waals surface area contributed by atoms with Crippen LogP contribution in [-0.2, 0) is 0 Å². The predicted octanol–water partition coefficient (Wildman–Crippen LogP) is 10.9. The molecule has 0 radical (unpaired) electrons. The van der Waals surface area contributed by atoms with Crippen LogP contribution in [0.5, 0.6) is 0 Å². The first-order valence-electron chi connectivity index (χ1n) is 15.6. The van der Waals surface area contributed by atoms with Gasteiger partial charge in [-0.25, -0.2) is 0 Å². The highest BCUT2D eigenvalue weighted by Crippen LogP contribution is 2.16. The van der Waals surface area contributed by atoms with E-state index in [4.69, 9.17) is 0 Å². The number of rotatable bonds is 27. The minimum Gasteiger partial charge on any atom is -0.324 e. The average molecular weight is 453 g/mol. The summed E-state index contributed by atoms with van der Waals surface area (Å²) in [4.78, 5) is 0. The van der Waals surface area contributed by atoms with Gasteiger partial charge in [0.25, 0.3) is 0 Å². The summed E-state index contributed by atoms with van der Waals surface area (Å²) in [6, 6.07) is 0. The molecule has 0 aliphatic heterocycles. The fourth-order valence-electron chi connectivity index (χ4n) is 5.38. The molecule has 0 aromatic heterocycles. The molecule has 0 N–H and O–H groups in total. The van der Waals surface area contributed by atoms with Crippen LogP contribution in [0.15, 0.2) is 0 Å². The van der Waals surface area contributed by atoms with E-state index in [0.29, 0.717) is 0 Å². The quantitative estimate of drug-likeness (QED) is 0.0858. The number of hydrogen-bond acceptors (Lipinski definition) is 0. The molecule has 0 aromatic rings. The van der Waals surface area contributed by atoms with Crippen molar-refractivity contribution in [2.75, 3.05) is 26.2 Å². The molecule has 0 aliphatic carbocycles.